The molecule has 18 heavy (non-hydrogen) atoms. The minimum Gasteiger partial charge on any atom is -0.317 e. The van der Waals surface area contributed by atoms with E-state index in [1.807, 2.05) is 0 Å². The van der Waals surface area contributed by atoms with Gasteiger partial charge in [0, 0.05) is 22.3 Å². The Morgan fingerprint density at radius 2 is 1.50 bits per heavy atom. The molecule has 0 aromatic heterocycles. The molecule has 0 aromatic rings. The van der Waals surface area contributed by atoms with Crippen LogP contribution in [0.1, 0.15) is 71.6 Å². The molecule has 0 aromatic carbocycles. The molecule has 0 spiro atoms. The van der Waals surface area contributed by atoms with Gasteiger partial charge in [0.05, 0.1) is 0 Å². The maximum absolute atomic E-state index is 11.1. The topological polar surface area (TPSA) is 29.1 Å². The zero-order valence-corrected chi connectivity index (χ0v) is 13.5. The van der Waals surface area contributed by atoms with Crippen molar-refractivity contribution in [3.63, 3.8) is 0 Å². The van der Waals surface area contributed by atoms with E-state index < -0.39 is 10.8 Å². The number of hydrogen-bond donors (Lipinski definition) is 1. The van der Waals surface area contributed by atoms with Crippen molar-refractivity contribution in [2.24, 2.45) is 0 Å². The second-order valence-corrected chi connectivity index (χ2v) is 7.12. The van der Waals surface area contributed by atoms with Gasteiger partial charge in [-0.1, -0.05) is 58.8 Å². The summed E-state index contributed by atoms with van der Waals surface area (Å²) in [6.45, 7) is 6.46. The first kappa shape index (κ1) is 18.1. The van der Waals surface area contributed by atoms with Crippen molar-refractivity contribution in [1.82, 2.24) is 5.32 Å². The van der Waals surface area contributed by atoms with Crippen molar-refractivity contribution in [1.29, 1.82) is 0 Å². The molecule has 0 rings (SSSR count). The van der Waals surface area contributed by atoms with Gasteiger partial charge in [0.15, 0.2) is 0 Å². The van der Waals surface area contributed by atoms with Crippen LogP contribution in [0.4, 0.5) is 0 Å². The second-order valence-electron chi connectivity index (χ2n) is 5.32. The van der Waals surface area contributed by atoms with E-state index in [9.17, 15) is 4.21 Å². The molecule has 2 nitrogen and oxygen atoms in total. The minimum atomic E-state index is -0.665. The van der Waals surface area contributed by atoms with E-state index in [-0.39, 0.29) is 0 Å². The van der Waals surface area contributed by atoms with Gasteiger partial charge in [0.1, 0.15) is 0 Å². The molecule has 0 heterocycles. The molecule has 0 bridgehead atoms. The van der Waals surface area contributed by atoms with Crippen molar-refractivity contribution in [2.45, 2.75) is 76.9 Å². The van der Waals surface area contributed by atoms with Gasteiger partial charge < -0.3 is 5.32 Å². The Bertz CT molecular complexity index is 197. The minimum absolute atomic E-state index is 0.330. The average molecular weight is 276 g/mol. The van der Waals surface area contributed by atoms with Crippen molar-refractivity contribution < 1.29 is 4.21 Å². The summed E-state index contributed by atoms with van der Waals surface area (Å²) in [6.07, 6.45) is 13.8. The quantitative estimate of drug-likeness (QED) is 0.517. The molecule has 0 aliphatic heterocycles. The van der Waals surface area contributed by atoms with E-state index in [1.165, 1.54) is 51.4 Å². The summed E-state index contributed by atoms with van der Waals surface area (Å²) in [4.78, 5) is 0. The first-order chi connectivity index (χ1) is 8.68. The van der Waals surface area contributed by atoms with Gasteiger partial charge in [0.25, 0.3) is 0 Å². The summed E-state index contributed by atoms with van der Waals surface area (Å²) >= 11 is 0. The monoisotopic (exact) mass is 275 g/mol. The molecule has 1 N–H and O–H groups in total. The smallest absolute Gasteiger partial charge is 0.0329 e. The van der Waals surface area contributed by atoms with E-state index >= 15 is 0 Å². The van der Waals surface area contributed by atoms with Crippen LogP contribution < -0.4 is 5.32 Å². The van der Waals surface area contributed by atoms with Gasteiger partial charge in [-0.2, -0.15) is 0 Å². The van der Waals surface area contributed by atoms with E-state index in [4.69, 9.17) is 0 Å². The predicted octanol–water partition coefficient (Wildman–Crippen LogP) is 3.87. The number of hydrogen-bond acceptors (Lipinski definition) is 2. The highest BCUT2D eigenvalue weighted by atomic mass is 32.2. The van der Waals surface area contributed by atoms with Crippen LogP contribution in [0.3, 0.4) is 0 Å². The molecule has 0 radical (unpaired) electrons. The van der Waals surface area contributed by atoms with Crippen molar-refractivity contribution in [3.8, 4) is 0 Å². The lowest BCUT2D eigenvalue weighted by atomic mass is 10.1. The Kier molecular flexibility index (Phi) is 13.6. The molecular formula is C15H33NOS. The van der Waals surface area contributed by atoms with E-state index in [0.29, 0.717) is 5.25 Å². The fourth-order valence-corrected chi connectivity index (χ4v) is 2.43. The predicted molar refractivity (Wildman–Crippen MR) is 83.6 cm³/mol. The SMILES string of the molecule is CCCCCCCCCCNCCC(C)S(C)=O. The average Bonchev–Trinajstić information content (AvgIpc) is 2.35. The van der Waals surface area contributed by atoms with Gasteiger partial charge >= 0.3 is 0 Å². The molecule has 0 amide bonds. The van der Waals surface area contributed by atoms with Crippen LogP contribution in [0.5, 0.6) is 0 Å². The van der Waals surface area contributed by atoms with Crippen LogP contribution in [-0.2, 0) is 10.8 Å². The van der Waals surface area contributed by atoms with Crippen molar-refractivity contribution >= 4 is 10.8 Å². The Labute approximate surface area is 117 Å². The second kappa shape index (κ2) is 13.5. The van der Waals surface area contributed by atoms with Crippen LogP contribution in [-0.4, -0.2) is 28.8 Å². The van der Waals surface area contributed by atoms with Crippen LogP contribution >= 0.6 is 0 Å². The fourth-order valence-electron chi connectivity index (χ4n) is 1.98. The van der Waals surface area contributed by atoms with E-state index in [1.54, 1.807) is 6.26 Å². The Balaban J connectivity index is 3.05. The largest absolute Gasteiger partial charge is 0.317 e. The van der Waals surface area contributed by atoms with Gasteiger partial charge in [0.2, 0.25) is 0 Å². The van der Waals surface area contributed by atoms with Gasteiger partial charge in [-0.05, 0) is 25.9 Å². The van der Waals surface area contributed by atoms with Crippen molar-refractivity contribution in [2.75, 3.05) is 19.3 Å². The van der Waals surface area contributed by atoms with E-state index in [2.05, 4.69) is 19.2 Å². The number of nitrogens with one attached hydrogen (secondary N) is 1. The third-order valence-corrected chi connectivity index (χ3v) is 4.87. The lowest BCUT2D eigenvalue weighted by Gasteiger charge is -2.09. The van der Waals surface area contributed by atoms with Gasteiger partial charge in [-0.15, -0.1) is 0 Å². The standard InChI is InChI=1S/C15H33NOS/c1-4-5-6-7-8-9-10-11-13-16-14-12-15(2)18(3)17/h15-16H,4-14H2,1-3H3. The zero-order chi connectivity index (χ0) is 13.6. The summed E-state index contributed by atoms with van der Waals surface area (Å²) in [6, 6.07) is 0. The fraction of sp³-hybridized carbons (Fsp3) is 1.00. The number of rotatable bonds is 13. The van der Waals surface area contributed by atoms with Gasteiger partial charge in [-0.25, -0.2) is 0 Å². The molecule has 2 unspecified atom stereocenters. The summed E-state index contributed by atoms with van der Waals surface area (Å²) in [7, 11) is -0.665. The Morgan fingerprint density at radius 1 is 0.944 bits per heavy atom. The highest BCUT2D eigenvalue weighted by Gasteiger charge is 2.04. The summed E-state index contributed by atoms with van der Waals surface area (Å²) in [5, 5.41) is 3.78. The first-order valence-electron chi connectivity index (χ1n) is 7.71. The normalized spacial score (nSPS) is 14.6. The molecule has 0 aliphatic rings. The van der Waals surface area contributed by atoms with Crippen LogP contribution in [0.2, 0.25) is 0 Å². The molecule has 0 fully saturated rings. The number of unbranched alkanes of at least 4 members (excludes halogenated alkanes) is 7. The zero-order valence-electron chi connectivity index (χ0n) is 12.7. The molecular weight excluding hydrogens is 242 g/mol. The molecule has 0 saturated carbocycles. The van der Waals surface area contributed by atoms with Gasteiger partial charge in [-0.3, -0.25) is 4.21 Å². The first-order valence-corrected chi connectivity index (χ1v) is 9.33. The van der Waals surface area contributed by atoms with Crippen LogP contribution in [0.25, 0.3) is 0 Å². The van der Waals surface area contributed by atoms with Crippen LogP contribution in [0, 0.1) is 0 Å². The van der Waals surface area contributed by atoms with E-state index in [0.717, 1.165) is 19.5 Å². The third-order valence-electron chi connectivity index (χ3n) is 3.50. The Morgan fingerprint density at radius 3 is 2.06 bits per heavy atom. The van der Waals surface area contributed by atoms with Crippen molar-refractivity contribution in [3.05, 3.63) is 0 Å². The summed E-state index contributed by atoms with van der Waals surface area (Å²) in [5.41, 5.74) is 0. The molecule has 3 heteroatoms. The maximum atomic E-state index is 11.1. The molecule has 0 saturated heterocycles. The molecule has 0 aliphatic carbocycles. The lowest BCUT2D eigenvalue weighted by Crippen LogP contribution is -2.22. The third kappa shape index (κ3) is 12.6. The summed E-state index contributed by atoms with van der Waals surface area (Å²) < 4.78 is 11.1. The Hall–Kier alpha value is 0.110. The molecule has 2 atom stereocenters. The lowest BCUT2D eigenvalue weighted by molar-refractivity contribution is 0.549. The molecule has 110 valence electrons. The maximum Gasteiger partial charge on any atom is 0.0329 e. The summed E-state index contributed by atoms with van der Waals surface area (Å²) in [5.74, 6) is 0. The van der Waals surface area contributed by atoms with Crippen LogP contribution in [0.15, 0.2) is 0 Å². The highest BCUT2D eigenvalue weighted by molar-refractivity contribution is 7.84. The highest BCUT2D eigenvalue weighted by Crippen LogP contribution is 2.07.